The Kier molecular flexibility index (Phi) is 6.67. The maximum atomic E-state index is 12.7. The molecule has 0 aliphatic carbocycles. The molecule has 0 saturated heterocycles. The van der Waals surface area contributed by atoms with Gasteiger partial charge in [-0.15, -0.1) is 0 Å². The SMILES string of the molecule is CCCN(CCC)C1COc2cccc(SS(=O)(=O)C(F)(F)F)c2C1. The second-order valence-corrected chi connectivity index (χ2v) is 9.72. The van der Waals surface area contributed by atoms with Gasteiger partial charge in [-0.05, 0) is 44.5 Å². The fraction of sp³-hybridized carbons (Fsp3) is 0.625. The molecule has 0 amide bonds. The van der Waals surface area contributed by atoms with Crippen molar-refractivity contribution in [2.24, 2.45) is 0 Å². The molecule has 2 rings (SSSR count). The van der Waals surface area contributed by atoms with Gasteiger partial charge in [0.15, 0.2) is 0 Å². The van der Waals surface area contributed by atoms with Crippen LogP contribution in [-0.2, 0) is 15.3 Å². The summed E-state index contributed by atoms with van der Waals surface area (Å²) in [4.78, 5) is 2.34. The van der Waals surface area contributed by atoms with Crippen molar-refractivity contribution >= 4 is 19.7 Å². The summed E-state index contributed by atoms with van der Waals surface area (Å²) in [5, 5.41) is 0. The number of benzene rings is 1. The molecule has 0 bridgehead atoms. The summed E-state index contributed by atoms with van der Waals surface area (Å²) >= 11 is 0. The summed E-state index contributed by atoms with van der Waals surface area (Å²) < 4.78 is 66.9. The Balaban J connectivity index is 2.28. The highest BCUT2D eigenvalue weighted by molar-refractivity contribution is 8.72. The Morgan fingerprint density at radius 2 is 1.88 bits per heavy atom. The van der Waals surface area contributed by atoms with E-state index in [4.69, 9.17) is 4.74 Å². The molecule has 9 heteroatoms. The van der Waals surface area contributed by atoms with Crippen LogP contribution in [-0.4, -0.2) is 44.6 Å². The Labute approximate surface area is 150 Å². The molecular formula is C16H22F3NO3S2. The molecule has 1 aromatic carbocycles. The number of ether oxygens (including phenoxy) is 1. The van der Waals surface area contributed by atoms with Crippen LogP contribution in [0.4, 0.5) is 13.2 Å². The molecule has 0 N–H and O–H groups in total. The van der Waals surface area contributed by atoms with E-state index in [1.807, 2.05) is 0 Å². The lowest BCUT2D eigenvalue weighted by Crippen LogP contribution is -2.44. The molecule has 0 saturated carbocycles. The van der Waals surface area contributed by atoms with E-state index in [9.17, 15) is 21.6 Å². The number of nitrogens with zero attached hydrogens (tertiary/aromatic N) is 1. The largest absolute Gasteiger partial charge is 0.507 e. The molecule has 1 atom stereocenters. The van der Waals surface area contributed by atoms with E-state index in [0.29, 0.717) is 24.3 Å². The van der Waals surface area contributed by atoms with Gasteiger partial charge in [-0.3, -0.25) is 4.90 Å². The molecule has 142 valence electrons. The molecule has 1 aliphatic rings. The first kappa shape index (κ1) is 20.4. The van der Waals surface area contributed by atoms with Crippen LogP contribution in [0.15, 0.2) is 23.1 Å². The number of hydrogen-bond acceptors (Lipinski definition) is 5. The smallest absolute Gasteiger partial charge is 0.492 e. The summed E-state index contributed by atoms with van der Waals surface area (Å²) in [6.45, 7) is 6.32. The normalized spacial score (nSPS) is 18.1. The molecule has 0 fully saturated rings. The standard InChI is InChI=1S/C16H22F3NO3S2/c1-3-8-20(9-4-2)12-10-13-14(23-11-12)6-5-7-15(13)24-25(21,22)16(17,18)19/h5-7,12H,3-4,8-11H2,1-2H3. The van der Waals surface area contributed by atoms with Gasteiger partial charge in [-0.25, -0.2) is 8.42 Å². The molecule has 1 heterocycles. The third kappa shape index (κ3) is 4.83. The molecule has 0 aromatic heterocycles. The van der Waals surface area contributed by atoms with Gasteiger partial charge < -0.3 is 4.74 Å². The van der Waals surface area contributed by atoms with E-state index in [-0.39, 0.29) is 21.7 Å². The van der Waals surface area contributed by atoms with Crippen molar-refractivity contribution < 1.29 is 26.3 Å². The van der Waals surface area contributed by atoms with Crippen molar-refractivity contribution in [3.05, 3.63) is 23.8 Å². The highest BCUT2D eigenvalue weighted by atomic mass is 33.1. The van der Waals surface area contributed by atoms with E-state index in [2.05, 4.69) is 18.7 Å². The summed E-state index contributed by atoms with van der Waals surface area (Å²) in [6.07, 6.45) is 2.40. The monoisotopic (exact) mass is 397 g/mol. The van der Waals surface area contributed by atoms with Crippen molar-refractivity contribution in [1.29, 1.82) is 0 Å². The van der Waals surface area contributed by atoms with Gasteiger partial charge >= 0.3 is 14.4 Å². The Morgan fingerprint density at radius 3 is 2.44 bits per heavy atom. The predicted molar refractivity (Wildman–Crippen MR) is 92.4 cm³/mol. The van der Waals surface area contributed by atoms with Crippen LogP contribution in [0.3, 0.4) is 0 Å². The van der Waals surface area contributed by atoms with Gasteiger partial charge in [0.2, 0.25) is 0 Å². The summed E-state index contributed by atoms with van der Waals surface area (Å²) in [5.41, 5.74) is -4.75. The molecule has 0 radical (unpaired) electrons. The number of fused-ring (bicyclic) bond motifs is 1. The quantitative estimate of drug-likeness (QED) is 0.650. The minimum atomic E-state index is -5.29. The van der Waals surface area contributed by atoms with E-state index < -0.39 is 14.4 Å². The highest BCUT2D eigenvalue weighted by Crippen LogP contribution is 2.42. The van der Waals surface area contributed by atoms with Crippen LogP contribution >= 0.6 is 10.8 Å². The van der Waals surface area contributed by atoms with Crippen LogP contribution in [0.2, 0.25) is 0 Å². The number of halogens is 3. The van der Waals surface area contributed by atoms with E-state index in [1.165, 1.54) is 12.1 Å². The van der Waals surface area contributed by atoms with Crippen molar-refractivity contribution in [2.75, 3.05) is 19.7 Å². The zero-order chi connectivity index (χ0) is 18.7. The molecule has 4 nitrogen and oxygen atoms in total. The third-order valence-electron chi connectivity index (χ3n) is 3.98. The van der Waals surface area contributed by atoms with Gasteiger partial charge in [0, 0.05) is 27.3 Å². The fourth-order valence-corrected chi connectivity index (χ4v) is 5.10. The Hall–Kier alpha value is -0.930. The van der Waals surface area contributed by atoms with Crippen LogP contribution in [0.25, 0.3) is 0 Å². The third-order valence-corrected chi connectivity index (χ3v) is 7.09. The van der Waals surface area contributed by atoms with Crippen molar-refractivity contribution in [3.63, 3.8) is 0 Å². The Bertz CT molecular complexity index is 686. The second-order valence-electron chi connectivity index (χ2n) is 5.92. The maximum absolute atomic E-state index is 12.7. The molecular weight excluding hydrogens is 375 g/mol. The van der Waals surface area contributed by atoms with E-state index >= 15 is 0 Å². The lowest BCUT2D eigenvalue weighted by molar-refractivity contribution is -0.0410. The Morgan fingerprint density at radius 1 is 1.24 bits per heavy atom. The predicted octanol–water partition coefficient (Wildman–Crippen LogP) is 4.05. The zero-order valence-electron chi connectivity index (χ0n) is 14.2. The van der Waals surface area contributed by atoms with Crippen molar-refractivity contribution in [1.82, 2.24) is 4.90 Å². The van der Waals surface area contributed by atoms with Crippen molar-refractivity contribution in [3.8, 4) is 5.75 Å². The summed E-state index contributed by atoms with van der Waals surface area (Å²) in [6, 6.07) is 4.62. The zero-order valence-corrected chi connectivity index (χ0v) is 15.8. The highest BCUT2D eigenvalue weighted by Gasteiger charge is 2.47. The fourth-order valence-electron chi connectivity index (χ4n) is 2.89. The molecule has 25 heavy (non-hydrogen) atoms. The van der Waals surface area contributed by atoms with Crippen LogP contribution < -0.4 is 4.74 Å². The number of alkyl halides is 3. The first-order valence-corrected chi connectivity index (χ1v) is 11.0. The lowest BCUT2D eigenvalue weighted by atomic mass is 10.0. The molecule has 0 spiro atoms. The molecule has 1 unspecified atom stereocenters. The first-order chi connectivity index (χ1) is 11.7. The summed E-state index contributed by atoms with van der Waals surface area (Å²) in [5.74, 6) is 0.464. The van der Waals surface area contributed by atoms with E-state index in [1.54, 1.807) is 6.07 Å². The maximum Gasteiger partial charge on any atom is 0.507 e. The second kappa shape index (κ2) is 8.18. The van der Waals surface area contributed by atoms with Crippen molar-refractivity contribution in [2.45, 2.75) is 49.6 Å². The van der Waals surface area contributed by atoms with Crippen LogP contribution in [0, 0.1) is 0 Å². The minimum absolute atomic E-state index is 0.0303. The van der Waals surface area contributed by atoms with Crippen LogP contribution in [0.1, 0.15) is 32.3 Å². The molecule has 1 aliphatic heterocycles. The average molecular weight is 397 g/mol. The number of hydrogen-bond donors (Lipinski definition) is 0. The minimum Gasteiger partial charge on any atom is -0.492 e. The topological polar surface area (TPSA) is 46.6 Å². The van der Waals surface area contributed by atoms with Crippen LogP contribution in [0.5, 0.6) is 5.75 Å². The van der Waals surface area contributed by atoms with Gasteiger partial charge in [-0.2, -0.15) is 13.2 Å². The summed E-state index contributed by atoms with van der Waals surface area (Å²) in [7, 11) is -5.44. The van der Waals surface area contributed by atoms with Gasteiger partial charge in [0.05, 0.1) is 0 Å². The van der Waals surface area contributed by atoms with Gasteiger partial charge in [0.1, 0.15) is 12.4 Å². The number of rotatable bonds is 7. The first-order valence-electron chi connectivity index (χ1n) is 8.19. The van der Waals surface area contributed by atoms with E-state index in [0.717, 1.165) is 25.9 Å². The lowest BCUT2D eigenvalue weighted by Gasteiger charge is -2.35. The van der Waals surface area contributed by atoms with Gasteiger partial charge in [-0.1, -0.05) is 19.9 Å². The molecule has 1 aromatic rings. The van der Waals surface area contributed by atoms with Gasteiger partial charge in [0.25, 0.3) is 0 Å². The average Bonchev–Trinajstić information content (AvgIpc) is 2.53.